The van der Waals surface area contributed by atoms with Crippen molar-refractivity contribution in [2.45, 2.75) is 6.54 Å². The van der Waals surface area contributed by atoms with E-state index < -0.39 is 0 Å². The number of nitrogens with one attached hydrogen (secondary N) is 2. The van der Waals surface area contributed by atoms with E-state index in [9.17, 15) is 4.79 Å². The Balaban J connectivity index is 1.91. The first-order valence-electron chi connectivity index (χ1n) is 6.05. The summed E-state index contributed by atoms with van der Waals surface area (Å²) < 4.78 is 5.84. The van der Waals surface area contributed by atoms with E-state index in [1.165, 1.54) is 0 Å². The van der Waals surface area contributed by atoms with Crippen molar-refractivity contribution in [1.29, 1.82) is 0 Å². The number of methoxy groups -OCH3 is 1. The number of benzene rings is 1. The first-order valence-corrected chi connectivity index (χ1v) is 8.13. The van der Waals surface area contributed by atoms with E-state index in [0.29, 0.717) is 23.0 Å². The maximum absolute atomic E-state index is 12.1. The summed E-state index contributed by atoms with van der Waals surface area (Å²) in [6.45, 7) is 0.600. The molecule has 0 aliphatic carbocycles. The third-order valence-corrected chi connectivity index (χ3v) is 4.39. The molecule has 110 valence electrons. The molecule has 0 atom stereocenters. The van der Waals surface area contributed by atoms with Gasteiger partial charge >= 0.3 is 0 Å². The topological polar surface area (TPSA) is 50.4 Å². The van der Waals surface area contributed by atoms with E-state index in [-0.39, 0.29) is 5.91 Å². The summed E-state index contributed by atoms with van der Waals surface area (Å²) in [5, 5.41) is 7.94. The molecule has 2 aromatic rings. The number of halogens is 1. The SMILES string of the molecule is COc1ccc(C(=O)NC(=S)NCc2cccs2)cc1Br. The van der Waals surface area contributed by atoms with Gasteiger partial charge in [-0.15, -0.1) is 11.3 Å². The van der Waals surface area contributed by atoms with Crippen molar-refractivity contribution in [3.05, 3.63) is 50.6 Å². The first-order chi connectivity index (χ1) is 10.1. The van der Waals surface area contributed by atoms with E-state index in [1.54, 1.807) is 36.6 Å². The minimum Gasteiger partial charge on any atom is -0.496 e. The lowest BCUT2D eigenvalue weighted by Gasteiger charge is -2.10. The van der Waals surface area contributed by atoms with E-state index in [1.807, 2.05) is 17.5 Å². The molecule has 0 saturated heterocycles. The van der Waals surface area contributed by atoms with Gasteiger partial charge in [0, 0.05) is 10.4 Å². The van der Waals surface area contributed by atoms with Crippen molar-refractivity contribution < 1.29 is 9.53 Å². The van der Waals surface area contributed by atoms with E-state index in [2.05, 4.69) is 26.6 Å². The molecule has 2 rings (SSSR count). The van der Waals surface area contributed by atoms with Crippen LogP contribution in [-0.4, -0.2) is 18.1 Å². The number of rotatable bonds is 4. The average molecular weight is 385 g/mol. The number of thiophene rings is 1. The zero-order valence-electron chi connectivity index (χ0n) is 11.2. The van der Waals surface area contributed by atoms with Gasteiger partial charge in [0.05, 0.1) is 18.1 Å². The van der Waals surface area contributed by atoms with Crippen molar-refractivity contribution >= 4 is 50.5 Å². The Hall–Kier alpha value is -1.44. The molecule has 0 unspecified atom stereocenters. The lowest BCUT2D eigenvalue weighted by Crippen LogP contribution is -2.38. The third kappa shape index (κ3) is 4.52. The number of carbonyl (C=O) groups is 1. The Morgan fingerprint density at radius 1 is 1.43 bits per heavy atom. The minimum atomic E-state index is -0.262. The zero-order chi connectivity index (χ0) is 15.2. The highest BCUT2D eigenvalue weighted by Crippen LogP contribution is 2.25. The molecule has 7 heteroatoms. The Bertz CT molecular complexity index is 644. The van der Waals surface area contributed by atoms with Crippen molar-refractivity contribution in [2.24, 2.45) is 0 Å². The van der Waals surface area contributed by atoms with Gasteiger partial charge in [0.1, 0.15) is 5.75 Å². The van der Waals surface area contributed by atoms with Gasteiger partial charge in [-0.05, 0) is 57.8 Å². The molecule has 0 aliphatic rings. The Kier molecular flexibility index (Phi) is 5.72. The number of ether oxygens (including phenoxy) is 1. The zero-order valence-corrected chi connectivity index (χ0v) is 14.4. The number of hydrogen-bond donors (Lipinski definition) is 2. The molecule has 0 spiro atoms. The van der Waals surface area contributed by atoms with E-state index in [4.69, 9.17) is 17.0 Å². The minimum absolute atomic E-state index is 0.262. The molecule has 0 fully saturated rings. The monoisotopic (exact) mass is 384 g/mol. The highest BCUT2D eigenvalue weighted by molar-refractivity contribution is 9.10. The summed E-state index contributed by atoms with van der Waals surface area (Å²) >= 11 is 10.1. The van der Waals surface area contributed by atoms with Crippen molar-refractivity contribution in [3.63, 3.8) is 0 Å². The second kappa shape index (κ2) is 7.53. The number of thiocarbonyl (C=S) groups is 1. The fraction of sp³-hybridized carbons (Fsp3) is 0.143. The second-order valence-electron chi connectivity index (χ2n) is 4.07. The summed E-state index contributed by atoms with van der Waals surface area (Å²) in [6, 6.07) is 9.07. The predicted molar refractivity (Wildman–Crippen MR) is 91.9 cm³/mol. The number of carbonyl (C=O) groups excluding carboxylic acids is 1. The van der Waals surface area contributed by atoms with Gasteiger partial charge < -0.3 is 10.1 Å². The highest BCUT2D eigenvalue weighted by Gasteiger charge is 2.10. The molecular formula is C14H13BrN2O2S2. The Labute approximate surface area is 140 Å². The van der Waals surface area contributed by atoms with Gasteiger partial charge in [0.2, 0.25) is 0 Å². The van der Waals surface area contributed by atoms with Crippen molar-refractivity contribution in [2.75, 3.05) is 7.11 Å². The molecule has 1 amide bonds. The van der Waals surface area contributed by atoms with Crippen molar-refractivity contribution in [3.8, 4) is 5.75 Å². The molecule has 0 saturated carbocycles. The molecule has 1 aromatic carbocycles. The van der Waals surface area contributed by atoms with Crippen LogP contribution in [0.3, 0.4) is 0 Å². The smallest absolute Gasteiger partial charge is 0.257 e. The van der Waals surface area contributed by atoms with E-state index >= 15 is 0 Å². The molecule has 1 aromatic heterocycles. The van der Waals surface area contributed by atoms with Gasteiger partial charge in [-0.1, -0.05) is 6.07 Å². The largest absolute Gasteiger partial charge is 0.496 e. The summed E-state index contributed by atoms with van der Waals surface area (Å²) in [5.41, 5.74) is 0.503. The molecule has 0 bridgehead atoms. The maximum Gasteiger partial charge on any atom is 0.257 e. The van der Waals surface area contributed by atoms with Crippen LogP contribution in [0.5, 0.6) is 5.75 Å². The number of amides is 1. The summed E-state index contributed by atoms with van der Waals surface area (Å²) in [7, 11) is 1.57. The van der Waals surface area contributed by atoms with Gasteiger partial charge in [0.15, 0.2) is 5.11 Å². The summed E-state index contributed by atoms with van der Waals surface area (Å²) in [6.07, 6.45) is 0. The maximum atomic E-state index is 12.1. The lowest BCUT2D eigenvalue weighted by atomic mass is 10.2. The fourth-order valence-corrected chi connectivity index (χ4v) is 2.96. The molecular weight excluding hydrogens is 372 g/mol. The molecule has 0 aliphatic heterocycles. The molecule has 1 heterocycles. The van der Waals surface area contributed by atoms with Crippen LogP contribution in [0.1, 0.15) is 15.2 Å². The molecule has 21 heavy (non-hydrogen) atoms. The lowest BCUT2D eigenvalue weighted by molar-refractivity contribution is 0.0976. The standard InChI is InChI=1S/C14H13BrN2O2S2/c1-19-12-5-4-9(7-11(12)15)13(18)17-14(20)16-8-10-3-2-6-21-10/h2-7H,8H2,1H3,(H2,16,17,18,20). The molecule has 2 N–H and O–H groups in total. The molecule has 4 nitrogen and oxygen atoms in total. The predicted octanol–water partition coefficient (Wildman–Crippen LogP) is 3.32. The van der Waals surface area contributed by atoms with Crippen LogP contribution in [0.4, 0.5) is 0 Å². The van der Waals surface area contributed by atoms with Crippen LogP contribution in [0.2, 0.25) is 0 Å². The van der Waals surface area contributed by atoms with Gasteiger partial charge in [-0.2, -0.15) is 0 Å². The van der Waals surface area contributed by atoms with E-state index in [0.717, 1.165) is 9.35 Å². The average Bonchev–Trinajstić information content (AvgIpc) is 2.98. The Morgan fingerprint density at radius 2 is 2.24 bits per heavy atom. The van der Waals surface area contributed by atoms with Gasteiger partial charge in [0.25, 0.3) is 5.91 Å². The highest BCUT2D eigenvalue weighted by atomic mass is 79.9. The first kappa shape index (κ1) is 15.9. The summed E-state index contributed by atoms with van der Waals surface area (Å²) in [4.78, 5) is 13.2. The molecule has 0 radical (unpaired) electrons. The Morgan fingerprint density at radius 3 is 2.86 bits per heavy atom. The fourth-order valence-electron chi connectivity index (χ4n) is 1.61. The van der Waals surface area contributed by atoms with Gasteiger partial charge in [-0.25, -0.2) is 0 Å². The van der Waals surface area contributed by atoms with Crippen molar-refractivity contribution in [1.82, 2.24) is 10.6 Å². The normalized spacial score (nSPS) is 10.0. The second-order valence-corrected chi connectivity index (χ2v) is 6.36. The van der Waals surface area contributed by atoms with Crippen LogP contribution < -0.4 is 15.4 Å². The van der Waals surface area contributed by atoms with Crippen LogP contribution >= 0.6 is 39.5 Å². The third-order valence-electron chi connectivity index (χ3n) is 2.64. The van der Waals surface area contributed by atoms with Crippen LogP contribution in [0.15, 0.2) is 40.2 Å². The quantitative estimate of drug-likeness (QED) is 0.793. The van der Waals surface area contributed by atoms with Gasteiger partial charge in [-0.3, -0.25) is 10.1 Å². The van der Waals surface area contributed by atoms with Crippen LogP contribution in [-0.2, 0) is 6.54 Å². The van der Waals surface area contributed by atoms with Crippen LogP contribution in [0.25, 0.3) is 0 Å². The number of hydrogen-bond acceptors (Lipinski definition) is 4. The van der Waals surface area contributed by atoms with Crippen LogP contribution in [0, 0.1) is 0 Å². The summed E-state index contributed by atoms with van der Waals surface area (Å²) in [5.74, 6) is 0.409.